The van der Waals surface area contributed by atoms with Crippen LogP contribution in [0.1, 0.15) is 58.2 Å². The molecule has 18 aromatic carbocycles. The van der Waals surface area contributed by atoms with E-state index in [4.69, 9.17) is 66.9 Å². The van der Waals surface area contributed by atoms with Crippen molar-refractivity contribution in [3.63, 3.8) is 0 Å². The molecule has 0 N–H and O–H groups in total. The molecule has 0 aliphatic carbocycles. The van der Waals surface area contributed by atoms with E-state index < -0.39 is 0 Å². The molecular formula is C126H90N12O5S4. The number of para-hydroxylation sites is 8. The minimum absolute atomic E-state index is 0.0239. The van der Waals surface area contributed by atoms with Gasteiger partial charge in [0, 0.05) is 101 Å². The summed E-state index contributed by atoms with van der Waals surface area (Å²) in [5.74, 6) is 3.00. The van der Waals surface area contributed by atoms with Crippen molar-refractivity contribution in [1.82, 2.24) is 44.9 Å². The Morgan fingerprint density at radius 2 is 0.381 bits per heavy atom. The first kappa shape index (κ1) is 90.5. The number of aryl methyl sites for hydroxylation is 1. The van der Waals surface area contributed by atoms with Gasteiger partial charge in [-0.1, -0.05) is 133 Å². The van der Waals surface area contributed by atoms with Gasteiger partial charge in [0.05, 0.1) is 40.9 Å². The number of hydrogen-bond donors (Lipinski definition) is 0. The predicted molar refractivity (Wildman–Crippen MR) is 605 cm³/mol. The molecular weight excluding hydrogens is 1890 g/mol. The summed E-state index contributed by atoms with van der Waals surface area (Å²) in [4.78, 5) is 50.1. The van der Waals surface area contributed by atoms with Crippen LogP contribution >= 0.6 is 45.3 Å². The third-order valence-corrected chi connectivity index (χ3v) is 30.5. The van der Waals surface area contributed by atoms with Crippen LogP contribution in [0.5, 0.6) is 0 Å². The molecule has 21 heteroatoms. The lowest BCUT2D eigenvalue weighted by Crippen LogP contribution is -2.10. The fraction of sp³-hybridized carbons (Fsp3) is 0.0714. The number of thiazole rings is 4. The molecule has 0 aliphatic heterocycles. The second-order valence-electron chi connectivity index (χ2n) is 38.2. The molecule has 0 saturated carbocycles. The van der Waals surface area contributed by atoms with Crippen molar-refractivity contribution in [2.45, 2.75) is 59.3 Å². The predicted octanol–water partition coefficient (Wildman–Crippen LogP) is 36.5. The number of benzene rings is 18. The first-order chi connectivity index (χ1) is 71.8. The van der Waals surface area contributed by atoms with E-state index in [2.05, 4.69) is 373 Å². The molecule has 27 aromatic rings. The van der Waals surface area contributed by atoms with E-state index in [-0.39, 0.29) is 10.8 Å². The number of nitrogens with zero attached hydrogens (tertiary/aromatic N) is 12. The molecule has 9 heterocycles. The van der Waals surface area contributed by atoms with Crippen LogP contribution in [0.25, 0.3) is 196 Å². The van der Waals surface area contributed by atoms with Gasteiger partial charge < -0.3 is 36.8 Å². The van der Waals surface area contributed by atoms with Crippen LogP contribution in [0.2, 0.25) is 0 Å². The van der Waals surface area contributed by atoms with Crippen LogP contribution in [0, 0.1) is 6.92 Å². The quantitative estimate of drug-likeness (QED) is 0.0787. The molecule has 0 spiro atoms. The highest BCUT2D eigenvalue weighted by Gasteiger charge is 2.26. The minimum Gasteiger partial charge on any atom is -0.436 e. The first-order valence-electron chi connectivity index (χ1n) is 48.5. The summed E-state index contributed by atoms with van der Waals surface area (Å²) in [6.45, 7) is 15.3. The Balaban J connectivity index is 0.000000115. The summed E-state index contributed by atoms with van der Waals surface area (Å²) in [5.41, 5.74) is 34.1. The van der Waals surface area contributed by atoms with Gasteiger partial charge in [0.25, 0.3) is 0 Å². The molecule has 9 aromatic heterocycles. The Labute approximate surface area is 862 Å². The molecule has 27 rings (SSSR count). The fourth-order valence-electron chi connectivity index (χ4n) is 18.3. The van der Waals surface area contributed by atoms with Gasteiger partial charge in [0.1, 0.15) is 47.6 Å². The van der Waals surface area contributed by atoms with Gasteiger partial charge in [0.2, 0.25) is 29.5 Å². The first-order valence-corrected chi connectivity index (χ1v) is 51.8. The molecule has 708 valence electrons. The Morgan fingerprint density at radius 3 is 0.612 bits per heavy atom. The van der Waals surface area contributed by atoms with Crippen LogP contribution in [0.3, 0.4) is 0 Å². The summed E-state index contributed by atoms with van der Waals surface area (Å²) in [6, 6.07) is 144. The van der Waals surface area contributed by atoms with Gasteiger partial charge in [-0.2, -0.15) is 0 Å². The Hall–Kier alpha value is -17.7. The highest BCUT2D eigenvalue weighted by atomic mass is 32.1. The van der Waals surface area contributed by atoms with Crippen LogP contribution in [0.4, 0.5) is 51.2 Å². The summed E-state index contributed by atoms with van der Waals surface area (Å²) in [6.07, 6.45) is 0. The summed E-state index contributed by atoms with van der Waals surface area (Å²) >= 11 is 6.86. The number of rotatable bonds is 18. The molecule has 0 atom stereocenters. The Morgan fingerprint density at radius 1 is 0.184 bits per heavy atom. The zero-order valence-electron chi connectivity index (χ0n) is 80.9. The lowest BCUT2D eigenvalue weighted by atomic mass is 9.87. The van der Waals surface area contributed by atoms with Gasteiger partial charge in [-0.3, -0.25) is 0 Å². The van der Waals surface area contributed by atoms with E-state index in [1.165, 1.54) is 29.9 Å². The maximum absolute atomic E-state index is 6.21. The van der Waals surface area contributed by atoms with Gasteiger partial charge in [-0.15, -0.1) is 45.3 Å². The molecule has 0 saturated heterocycles. The molecule has 0 amide bonds. The van der Waals surface area contributed by atoms with E-state index in [9.17, 15) is 0 Å². The van der Waals surface area contributed by atoms with Crippen molar-refractivity contribution in [3.05, 3.63) is 435 Å². The van der Waals surface area contributed by atoms with Crippen LogP contribution in [0.15, 0.2) is 441 Å². The average molecular weight is 1980 g/mol. The summed E-state index contributed by atoms with van der Waals surface area (Å²) in [5, 5.41) is 4.06. The zero-order chi connectivity index (χ0) is 99.0. The fourth-order valence-corrected chi connectivity index (χ4v) is 22.2. The van der Waals surface area contributed by atoms with Crippen molar-refractivity contribution in [1.29, 1.82) is 0 Å². The van der Waals surface area contributed by atoms with E-state index in [0.717, 1.165) is 204 Å². The maximum Gasteiger partial charge on any atom is 0.227 e. The molecule has 0 radical (unpaired) electrons. The molecule has 147 heavy (non-hydrogen) atoms. The standard InChI is InChI=1S/C47H40N4O3.C40H26N4OS2.C39H24N4OS2/c1-46(2,3)32-17-25-41-38(27-32)49-44(53-41)30-13-21-35(22-14-30)51(34-19-11-29(12-20-34)43-48-37-9-7-8-10-40(37)52-43)36-23-15-31(16-24-36)45-50-39-28-33(47(4,5)6)18-26-42(39)54-45;1-25-10-23-35-34(24-25)41-38(45-35)26-11-17-29(18-12-26)44(30-19-13-27(14-20-30)39-42-32-6-2-4-8-36(32)46-39)31-21-15-28(16-22-31)40-43-33-7-3-5-9-37(33)47-40;1-4-10-34-31(7-1)40-37(44-34)25-13-19-28(20-14-25)43(29-21-15-26(16-22-29)38-41-32-8-2-5-11-35(32)45-38)30-23-17-27(18-24-30)39-42-33-9-3-6-12-36(33)46-39/h7-28H,1-6H3;2-24H,1H3;1-24H. The second kappa shape index (κ2) is 37.9. The monoisotopic (exact) mass is 1980 g/mol. The number of oxazole rings is 5. The van der Waals surface area contributed by atoms with Crippen molar-refractivity contribution in [3.8, 4) is 99.6 Å². The molecule has 0 bridgehead atoms. The largest absolute Gasteiger partial charge is 0.436 e. The smallest absolute Gasteiger partial charge is 0.227 e. The normalized spacial score (nSPS) is 11.8. The topological polar surface area (TPSA) is 191 Å². The van der Waals surface area contributed by atoms with Gasteiger partial charge in [-0.05, 0) is 362 Å². The maximum atomic E-state index is 6.21. The average Bonchev–Trinajstić information content (AvgIpc) is 1.75. The molecule has 0 aliphatic rings. The summed E-state index contributed by atoms with van der Waals surface area (Å²) < 4.78 is 35.4. The van der Waals surface area contributed by atoms with Gasteiger partial charge in [-0.25, -0.2) is 44.9 Å². The molecule has 0 unspecified atom stereocenters. The van der Waals surface area contributed by atoms with Crippen molar-refractivity contribution >= 4 is 193 Å². The van der Waals surface area contributed by atoms with Crippen LogP contribution in [-0.2, 0) is 10.8 Å². The van der Waals surface area contributed by atoms with E-state index in [1.54, 1.807) is 45.3 Å². The van der Waals surface area contributed by atoms with E-state index >= 15 is 0 Å². The highest BCUT2D eigenvalue weighted by Crippen LogP contribution is 2.47. The number of anilines is 9. The molecule has 17 nitrogen and oxygen atoms in total. The Kier molecular flexibility index (Phi) is 23.3. The minimum atomic E-state index is 0.0239. The summed E-state index contributed by atoms with van der Waals surface area (Å²) in [7, 11) is 0. The van der Waals surface area contributed by atoms with Crippen molar-refractivity contribution in [2.24, 2.45) is 0 Å². The number of hydrogen-bond acceptors (Lipinski definition) is 21. The third-order valence-electron chi connectivity index (χ3n) is 26.2. The van der Waals surface area contributed by atoms with Crippen LogP contribution in [-0.4, -0.2) is 44.9 Å². The van der Waals surface area contributed by atoms with Gasteiger partial charge >= 0.3 is 0 Å². The van der Waals surface area contributed by atoms with Crippen LogP contribution < -0.4 is 14.7 Å². The third kappa shape index (κ3) is 18.4. The van der Waals surface area contributed by atoms with E-state index in [0.29, 0.717) is 29.5 Å². The highest BCUT2D eigenvalue weighted by molar-refractivity contribution is 7.22. The second-order valence-corrected chi connectivity index (χ2v) is 42.4. The zero-order valence-corrected chi connectivity index (χ0v) is 84.1. The van der Waals surface area contributed by atoms with Gasteiger partial charge in [0.15, 0.2) is 27.9 Å². The number of fused-ring (bicyclic) bond motifs is 9. The van der Waals surface area contributed by atoms with E-state index in [1.807, 2.05) is 109 Å². The van der Waals surface area contributed by atoms with Crippen molar-refractivity contribution in [2.75, 3.05) is 14.7 Å². The SMILES string of the molecule is CC(C)(C)c1ccc2oc(-c3ccc(N(c4ccc(-c5nc6ccccc6o5)cc4)c4ccc(-c5nc6cc(C(C)(C)C)ccc6o5)cc4)cc3)nc2c1.Cc1ccc2oc(-c3ccc(N(c4ccc(-c5nc6ccccc6s5)cc4)c4ccc(-c5nc6ccccc6s5)cc4)cc3)nc2c1.c1ccc2oc(-c3ccc(N(c4ccc(-c5nc6ccccc6s5)cc4)c4ccc(-c5nc6ccccc6s5)cc4)cc3)nc2c1. The molecule has 0 fully saturated rings. The lowest BCUT2D eigenvalue weighted by Gasteiger charge is -2.26. The van der Waals surface area contributed by atoms with Crippen molar-refractivity contribution < 1.29 is 22.1 Å². The lowest BCUT2D eigenvalue weighted by molar-refractivity contribution is 0.589. The number of aromatic nitrogens is 9. The Bertz CT molecular complexity index is 8790.